The quantitative estimate of drug-likeness (QED) is 0.0230. The van der Waals surface area contributed by atoms with Crippen LogP contribution in [0.2, 0.25) is 0 Å². The maximum absolute atomic E-state index is 12.7. The summed E-state index contributed by atoms with van der Waals surface area (Å²) in [6.07, 6.45) is 49.0. The second-order valence-corrected chi connectivity index (χ2v) is 17.3. The second-order valence-electron chi connectivity index (χ2n) is 15.9. The van der Waals surface area contributed by atoms with Crippen LogP contribution in [0.4, 0.5) is 0 Å². The highest BCUT2D eigenvalue weighted by molar-refractivity contribution is 7.47. The van der Waals surface area contributed by atoms with Gasteiger partial charge in [0.1, 0.15) is 12.6 Å². The third kappa shape index (κ3) is 42.1. The highest BCUT2D eigenvalue weighted by Crippen LogP contribution is 2.43. The third-order valence-electron chi connectivity index (χ3n) is 10.1. The molecule has 0 saturated carbocycles. The molecule has 3 atom stereocenters. The lowest BCUT2D eigenvalue weighted by Gasteiger charge is -2.20. The zero-order valence-corrected chi connectivity index (χ0v) is 38.7. The molecule has 0 radical (unpaired) electrons. The Labute approximate surface area is 365 Å². The fourth-order valence-electron chi connectivity index (χ4n) is 6.41. The Morgan fingerprint density at radius 1 is 0.533 bits per heavy atom. The van der Waals surface area contributed by atoms with Gasteiger partial charge in [0, 0.05) is 12.8 Å². The Bertz CT molecular complexity index is 1200. The number of phosphoric ester groups is 1. The molecule has 0 heterocycles. The molecule has 0 aromatic carbocycles. The summed E-state index contributed by atoms with van der Waals surface area (Å²) < 4.78 is 32.7. The van der Waals surface area contributed by atoms with Crippen LogP contribution in [0.15, 0.2) is 48.6 Å². The predicted molar refractivity (Wildman–Crippen MR) is 245 cm³/mol. The Morgan fingerprint density at radius 2 is 0.933 bits per heavy atom. The van der Waals surface area contributed by atoms with Gasteiger partial charge in [-0.3, -0.25) is 23.4 Å². The van der Waals surface area contributed by atoms with Gasteiger partial charge in [-0.1, -0.05) is 191 Å². The van der Waals surface area contributed by atoms with Crippen LogP contribution in [0.1, 0.15) is 206 Å². The first kappa shape index (κ1) is 57.4. The molecule has 60 heavy (non-hydrogen) atoms. The number of carboxylic acid groups (broad SMARTS) is 1. The van der Waals surface area contributed by atoms with Crippen molar-refractivity contribution in [1.82, 2.24) is 0 Å². The van der Waals surface area contributed by atoms with Crippen molar-refractivity contribution in [1.29, 1.82) is 0 Å². The average Bonchev–Trinajstić information content (AvgIpc) is 3.22. The Kier molecular flexibility index (Phi) is 41.3. The minimum Gasteiger partial charge on any atom is -0.480 e. The number of allylic oxidation sites excluding steroid dienone is 8. The number of carbonyl (C=O) groups excluding carboxylic acids is 2. The van der Waals surface area contributed by atoms with Gasteiger partial charge in [0.2, 0.25) is 0 Å². The number of rotatable bonds is 44. The molecule has 0 spiro atoms. The lowest BCUT2D eigenvalue weighted by Crippen LogP contribution is -2.34. The molecule has 0 saturated heterocycles. The largest absolute Gasteiger partial charge is 0.480 e. The van der Waals surface area contributed by atoms with E-state index in [4.69, 9.17) is 24.8 Å². The van der Waals surface area contributed by atoms with Crippen LogP contribution in [0, 0.1) is 0 Å². The SMILES string of the molecule is CC/C=C\C/C=C\C/C=C\C/C=C\CCCCC(=O)OC[C@H](COP(=O)(O)OC[C@H](N)C(=O)O)OC(=O)CCCCCCCCCCCCCCCCCCCCCCC. The van der Waals surface area contributed by atoms with Crippen molar-refractivity contribution in [3.63, 3.8) is 0 Å². The number of carboxylic acids is 1. The molecular formula is C48H86NO10P. The van der Waals surface area contributed by atoms with E-state index >= 15 is 0 Å². The smallest absolute Gasteiger partial charge is 0.472 e. The van der Waals surface area contributed by atoms with E-state index in [1.165, 1.54) is 109 Å². The third-order valence-corrected chi connectivity index (χ3v) is 11.0. The Balaban J connectivity index is 4.31. The standard InChI is InChI=1S/C48H86NO10P/c1-3-5-7-9-11-13-15-17-19-20-21-22-23-24-26-28-30-32-34-36-38-40-47(51)59-44(42-57-60(54,55)58-43-45(49)48(52)53)41-56-46(50)39-37-35-33-31-29-27-25-18-16-14-12-10-8-6-4-2/h6,8,12,14,18,25,29,31,44-45H,3-5,7,9-11,13,15-17,19-24,26-28,30,32-43,49H2,1-2H3,(H,52,53)(H,54,55)/b8-6-,14-12-,25-18-,31-29-/t44-,45+/m1/s1. The lowest BCUT2D eigenvalue weighted by molar-refractivity contribution is -0.161. The van der Waals surface area contributed by atoms with Gasteiger partial charge in [-0.25, -0.2) is 4.57 Å². The van der Waals surface area contributed by atoms with Crippen LogP contribution in [0.25, 0.3) is 0 Å². The van der Waals surface area contributed by atoms with Gasteiger partial charge in [0.15, 0.2) is 6.10 Å². The molecule has 0 aliphatic heterocycles. The van der Waals surface area contributed by atoms with Gasteiger partial charge in [-0.05, 0) is 51.4 Å². The van der Waals surface area contributed by atoms with E-state index in [0.717, 1.165) is 57.8 Å². The maximum Gasteiger partial charge on any atom is 0.472 e. The summed E-state index contributed by atoms with van der Waals surface area (Å²) in [6, 6.07) is -1.53. The van der Waals surface area contributed by atoms with Crippen LogP contribution >= 0.6 is 7.82 Å². The minimum absolute atomic E-state index is 0.154. The second kappa shape index (κ2) is 43.1. The number of ether oxygens (including phenoxy) is 2. The number of carbonyl (C=O) groups is 3. The summed E-state index contributed by atoms with van der Waals surface area (Å²) in [7, 11) is -4.73. The molecule has 0 aromatic heterocycles. The number of unbranched alkanes of at least 4 members (excludes halogenated alkanes) is 22. The first-order valence-corrected chi connectivity index (χ1v) is 25.2. The van der Waals surface area contributed by atoms with Crippen molar-refractivity contribution in [3.05, 3.63) is 48.6 Å². The number of nitrogens with two attached hydrogens (primary N) is 1. The molecule has 0 bridgehead atoms. The number of phosphoric acid groups is 1. The molecule has 0 aliphatic rings. The topological polar surface area (TPSA) is 172 Å². The van der Waals surface area contributed by atoms with E-state index in [1.54, 1.807) is 0 Å². The highest BCUT2D eigenvalue weighted by Gasteiger charge is 2.28. The molecule has 348 valence electrons. The molecule has 0 amide bonds. The Morgan fingerprint density at radius 3 is 1.40 bits per heavy atom. The summed E-state index contributed by atoms with van der Waals surface area (Å²) in [5, 5.41) is 8.90. The molecule has 1 unspecified atom stereocenters. The number of hydrogen-bond donors (Lipinski definition) is 3. The summed E-state index contributed by atoms with van der Waals surface area (Å²) >= 11 is 0. The summed E-state index contributed by atoms with van der Waals surface area (Å²) in [5.41, 5.74) is 5.34. The van der Waals surface area contributed by atoms with Crippen molar-refractivity contribution < 1.29 is 47.5 Å². The molecule has 11 nitrogen and oxygen atoms in total. The van der Waals surface area contributed by atoms with Gasteiger partial charge < -0.3 is 25.2 Å². The van der Waals surface area contributed by atoms with E-state index in [2.05, 4.69) is 67.0 Å². The van der Waals surface area contributed by atoms with Gasteiger partial charge >= 0.3 is 25.7 Å². The van der Waals surface area contributed by atoms with E-state index < -0.39 is 51.1 Å². The fourth-order valence-corrected chi connectivity index (χ4v) is 7.19. The van der Waals surface area contributed by atoms with Gasteiger partial charge in [0.25, 0.3) is 0 Å². The molecule has 12 heteroatoms. The van der Waals surface area contributed by atoms with Crippen LogP contribution < -0.4 is 5.73 Å². The number of hydrogen-bond acceptors (Lipinski definition) is 9. The van der Waals surface area contributed by atoms with Crippen molar-refractivity contribution in [2.24, 2.45) is 5.73 Å². The van der Waals surface area contributed by atoms with Crippen molar-refractivity contribution in [3.8, 4) is 0 Å². The molecule has 0 fully saturated rings. The zero-order valence-electron chi connectivity index (χ0n) is 37.8. The molecule has 0 aromatic rings. The lowest BCUT2D eigenvalue weighted by atomic mass is 10.0. The van der Waals surface area contributed by atoms with Crippen LogP contribution in [0.3, 0.4) is 0 Å². The zero-order chi connectivity index (χ0) is 44.2. The van der Waals surface area contributed by atoms with Crippen LogP contribution in [-0.2, 0) is 37.5 Å². The van der Waals surface area contributed by atoms with Crippen molar-refractivity contribution in [2.45, 2.75) is 219 Å². The van der Waals surface area contributed by atoms with E-state index in [-0.39, 0.29) is 19.4 Å². The first-order valence-electron chi connectivity index (χ1n) is 23.7. The highest BCUT2D eigenvalue weighted by atomic mass is 31.2. The molecule has 0 aliphatic carbocycles. The number of aliphatic carboxylic acids is 1. The van der Waals surface area contributed by atoms with E-state index in [1.807, 2.05) is 0 Å². The Hall–Kier alpha value is -2.56. The van der Waals surface area contributed by atoms with Gasteiger partial charge in [-0.15, -0.1) is 0 Å². The van der Waals surface area contributed by atoms with Gasteiger partial charge in [-0.2, -0.15) is 0 Å². The van der Waals surface area contributed by atoms with Crippen molar-refractivity contribution in [2.75, 3.05) is 19.8 Å². The van der Waals surface area contributed by atoms with Crippen LogP contribution in [0.5, 0.6) is 0 Å². The molecular weight excluding hydrogens is 781 g/mol. The van der Waals surface area contributed by atoms with Crippen LogP contribution in [-0.4, -0.2) is 59.9 Å². The minimum atomic E-state index is -4.73. The van der Waals surface area contributed by atoms with Gasteiger partial charge in [0.05, 0.1) is 13.2 Å². The molecule has 0 rings (SSSR count). The normalized spacial score (nSPS) is 14.1. The number of esters is 2. The first-order chi connectivity index (χ1) is 29.1. The summed E-state index contributed by atoms with van der Waals surface area (Å²) in [4.78, 5) is 46.0. The fraction of sp³-hybridized carbons (Fsp3) is 0.771. The maximum atomic E-state index is 12.7. The summed E-state index contributed by atoms with van der Waals surface area (Å²) in [5.74, 6) is -2.43. The van der Waals surface area contributed by atoms with E-state index in [9.17, 15) is 23.8 Å². The average molecular weight is 868 g/mol. The van der Waals surface area contributed by atoms with E-state index in [0.29, 0.717) is 12.8 Å². The molecule has 4 N–H and O–H groups in total. The predicted octanol–water partition coefficient (Wildman–Crippen LogP) is 13.0. The monoisotopic (exact) mass is 868 g/mol. The van der Waals surface area contributed by atoms with Crippen molar-refractivity contribution >= 4 is 25.7 Å². The summed E-state index contributed by atoms with van der Waals surface area (Å²) in [6.45, 7) is 2.67.